The Labute approximate surface area is 105 Å². The first-order valence-corrected chi connectivity index (χ1v) is 5.83. The summed E-state index contributed by atoms with van der Waals surface area (Å²) in [7, 11) is 1.55. The minimum absolute atomic E-state index is 0.207. The molecule has 0 spiro atoms. The Morgan fingerprint density at radius 3 is 2.62 bits per heavy atom. The fourth-order valence-corrected chi connectivity index (χ4v) is 1.75. The van der Waals surface area contributed by atoms with Gasteiger partial charge in [-0.1, -0.05) is 23.2 Å². The number of nitrogens with one attached hydrogen (secondary N) is 1. The Morgan fingerprint density at radius 2 is 2.00 bits per heavy atom. The van der Waals surface area contributed by atoms with Crippen molar-refractivity contribution in [2.75, 3.05) is 25.6 Å². The highest BCUT2D eigenvalue weighted by Crippen LogP contribution is 2.37. The first-order valence-electron chi connectivity index (χ1n) is 5.07. The van der Waals surface area contributed by atoms with Gasteiger partial charge in [0.2, 0.25) is 0 Å². The highest BCUT2D eigenvalue weighted by molar-refractivity contribution is 6.44. The average Bonchev–Trinajstić information content (AvgIpc) is 2.30. The average molecular weight is 264 g/mol. The summed E-state index contributed by atoms with van der Waals surface area (Å²) in [5.74, 6) is 0.563. The number of rotatable bonds is 6. The van der Waals surface area contributed by atoms with Crippen LogP contribution in [0, 0.1) is 0 Å². The predicted octanol–water partition coefficient (Wildman–Crippen LogP) is 3.19. The summed E-state index contributed by atoms with van der Waals surface area (Å²) in [5, 5.41) is 12.7. The third kappa shape index (κ3) is 3.44. The van der Waals surface area contributed by atoms with E-state index >= 15 is 0 Å². The van der Waals surface area contributed by atoms with Crippen LogP contribution in [0.4, 0.5) is 5.69 Å². The van der Waals surface area contributed by atoms with Gasteiger partial charge in [0, 0.05) is 13.2 Å². The second kappa shape index (κ2) is 6.84. The van der Waals surface area contributed by atoms with Crippen molar-refractivity contribution < 1.29 is 9.84 Å². The minimum Gasteiger partial charge on any atom is -0.495 e. The zero-order valence-corrected chi connectivity index (χ0v) is 10.6. The van der Waals surface area contributed by atoms with Crippen LogP contribution in [0.1, 0.15) is 12.8 Å². The highest BCUT2D eigenvalue weighted by Gasteiger charge is 2.09. The van der Waals surface area contributed by atoms with Crippen LogP contribution >= 0.6 is 23.2 Å². The summed E-state index contributed by atoms with van der Waals surface area (Å²) in [6, 6.07) is 3.59. The van der Waals surface area contributed by atoms with E-state index in [2.05, 4.69) is 5.32 Å². The van der Waals surface area contributed by atoms with E-state index in [1.165, 1.54) is 0 Å². The van der Waals surface area contributed by atoms with Gasteiger partial charge in [0.1, 0.15) is 10.8 Å². The first kappa shape index (κ1) is 13.4. The molecular formula is C11H15Cl2NO2. The van der Waals surface area contributed by atoms with Crippen molar-refractivity contribution in [3.8, 4) is 5.75 Å². The Balaban J connectivity index is 2.64. The van der Waals surface area contributed by atoms with Crippen molar-refractivity contribution in [3.05, 3.63) is 22.2 Å². The maximum absolute atomic E-state index is 8.64. The van der Waals surface area contributed by atoms with Crippen LogP contribution in [0.15, 0.2) is 12.1 Å². The molecule has 0 aliphatic carbocycles. The van der Waals surface area contributed by atoms with E-state index in [1.54, 1.807) is 13.2 Å². The molecule has 0 heterocycles. The fraction of sp³-hybridized carbons (Fsp3) is 0.455. The number of aliphatic hydroxyl groups excluding tert-OH is 1. The topological polar surface area (TPSA) is 41.5 Å². The molecule has 16 heavy (non-hydrogen) atoms. The lowest BCUT2D eigenvalue weighted by Crippen LogP contribution is -2.03. The van der Waals surface area contributed by atoms with Gasteiger partial charge < -0.3 is 15.2 Å². The van der Waals surface area contributed by atoms with Crippen molar-refractivity contribution >= 4 is 28.9 Å². The molecule has 0 saturated carbocycles. The van der Waals surface area contributed by atoms with Gasteiger partial charge >= 0.3 is 0 Å². The number of methoxy groups -OCH3 is 1. The first-order chi connectivity index (χ1) is 7.70. The number of hydrogen-bond donors (Lipinski definition) is 2. The molecular weight excluding hydrogens is 249 g/mol. The smallest absolute Gasteiger partial charge is 0.139 e. The zero-order valence-electron chi connectivity index (χ0n) is 9.09. The molecule has 0 aromatic heterocycles. The standard InChI is InChI=1S/C11H15Cl2NO2/c1-16-9-5-4-8(10(12)11(9)13)14-6-2-3-7-15/h4-5,14-15H,2-3,6-7H2,1H3. The lowest BCUT2D eigenvalue weighted by molar-refractivity contribution is 0.286. The van der Waals surface area contributed by atoms with Gasteiger partial charge in [-0.2, -0.15) is 0 Å². The molecule has 0 aliphatic heterocycles. The fourth-order valence-electron chi connectivity index (χ4n) is 1.29. The van der Waals surface area contributed by atoms with Gasteiger partial charge in [0.15, 0.2) is 0 Å². The minimum atomic E-state index is 0.207. The normalized spacial score (nSPS) is 10.2. The lowest BCUT2D eigenvalue weighted by Gasteiger charge is -2.11. The molecule has 90 valence electrons. The van der Waals surface area contributed by atoms with E-state index in [0.717, 1.165) is 25.1 Å². The molecule has 3 nitrogen and oxygen atoms in total. The molecule has 0 saturated heterocycles. The van der Waals surface area contributed by atoms with Crippen molar-refractivity contribution in [1.29, 1.82) is 0 Å². The van der Waals surface area contributed by atoms with Crippen molar-refractivity contribution in [3.63, 3.8) is 0 Å². The van der Waals surface area contributed by atoms with Crippen molar-refractivity contribution in [2.24, 2.45) is 0 Å². The summed E-state index contributed by atoms with van der Waals surface area (Å²) in [5.41, 5.74) is 0.783. The highest BCUT2D eigenvalue weighted by atomic mass is 35.5. The third-order valence-electron chi connectivity index (χ3n) is 2.17. The van der Waals surface area contributed by atoms with Crippen LogP contribution in [0.2, 0.25) is 10.0 Å². The van der Waals surface area contributed by atoms with Gasteiger partial charge in [0.25, 0.3) is 0 Å². The van der Waals surface area contributed by atoms with Crippen molar-refractivity contribution in [1.82, 2.24) is 0 Å². The molecule has 2 N–H and O–H groups in total. The van der Waals surface area contributed by atoms with Crippen LogP contribution in [0.3, 0.4) is 0 Å². The summed E-state index contributed by atoms with van der Waals surface area (Å²) in [4.78, 5) is 0. The number of unbranched alkanes of at least 4 members (excludes halogenated alkanes) is 1. The van der Waals surface area contributed by atoms with E-state index in [4.69, 9.17) is 33.0 Å². The second-order valence-electron chi connectivity index (χ2n) is 3.30. The second-order valence-corrected chi connectivity index (χ2v) is 4.06. The number of benzene rings is 1. The van der Waals surface area contributed by atoms with Crippen LogP contribution in [-0.4, -0.2) is 25.4 Å². The molecule has 0 amide bonds. The van der Waals surface area contributed by atoms with E-state index in [1.807, 2.05) is 6.07 Å². The molecule has 0 aliphatic rings. The molecule has 0 fully saturated rings. The van der Waals surface area contributed by atoms with Gasteiger partial charge in [-0.25, -0.2) is 0 Å². The van der Waals surface area contributed by atoms with E-state index < -0.39 is 0 Å². The molecule has 5 heteroatoms. The number of anilines is 1. The lowest BCUT2D eigenvalue weighted by atomic mass is 10.2. The van der Waals surface area contributed by atoms with Gasteiger partial charge in [-0.05, 0) is 25.0 Å². The quantitative estimate of drug-likeness (QED) is 0.775. The van der Waals surface area contributed by atoms with Gasteiger partial charge in [0.05, 0.1) is 17.8 Å². The largest absolute Gasteiger partial charge is 0.495 e. The molecule has 0 bridgehead atoms. The maximum Gasteiger partial charge on any atom is 0.139 e. The molecule has 1 rings (SSSR count). The number of aliphatic hydroxyl groups is 1. The van der Waals surface area contributed by atoms with Gasteiger partial charge in [-0.3, -0.25) is 0 Å². The van der Waals surface area contributed by atoms with Crippen molar-refractivity contribution in [2.45, 2.75) is 12.8 Å². The van der Waals surface area contributed by atoms with Gasteiger partial charge in [-0.15, -0.1) is 0 Å². The molecule has 1 aromatic carbocycles. The Morgan fingerprint density at radius 1 is 1.25 bits per heavy atom. The summed E-state index contributed by atoms with van der Waals surface area (Å²) in [6.45, 7) is 0.960. The molecule has 0 unspecified atom stereocenters. The Hall–Kier alpha value is -0.640. The maximum atomic E-state index is 8.64. The molecule has 0 atom stereocenters. The number of hydrogen-bond acceptors (Lipinski definition) is 3. The predicted molar refractivity (Wildman–Crippen MR) is 67.8 cm³/mol. The molecule has 1 aromatic rings. The molecule has 0 radical (unpaired) electrons. The van der Waals surface area contributed by atoms with E-state index in [9.17, 15) is 0 Å². The third-order valence-corrected chi connectivity index (χ3v) is 3.03. The summed E-state index contributed by atoms with van der Waals surface area (Å²) >= 11 is 12.1. The Bertz CT molecular complexity index is 345. The number of halogens is 2. The summed E-state index contributed by atoms with van der Waals surface area (Å²) in [6.07, 6.45) is 1.66. The van der Waals surface area contributed by atoms with E-state index in [0.29, 0.717) is 15.8 Å². The van der Waals surface area contributed by atoms with Crippen LogP contribution in [-0.2, 0) is 0 Å². The summed E-state index contributed by atoms with van der Waals surface area (Å²) < 4.78 is 5.05. The monoisotopic (exact) mass is 263 g/mol. The number of ether oxygens (including phenoxy) is 1. The van der Waals surface area contributed by atoms with Crippen LogP contribution < -0.4 is 10.1 Å². The van der Waals surface area contributed by atoms with Crippen LogP contribution in [0.25, 0.3) is 0 Å². The van der Waals surface area contributed by atoms with E-state index in [-0.39, 0.29) is 6.61 Å². The zero-order chi connectivity index (χ0) is 12.0. The van der Waals surface area contributed by atoms with Crippen LogP contribution in [0.5, 0.6) is 5.75 Å². The Kier molecular flexibility index (Phi) is 5.74. The SMILES string of the molecule is COc1ccc(NCCCCO)c(Cl)c1Cl.